The maximum atomic E-state index is 9.16. The summed E-state index contributed by atoms with van der Waals surface area (Å²) < 4.78 is 13.4. The normalized spacial score (nSPS) is 12.7. The highest BCUT2D eigenvalue weighted by Gasteiger charge is 2.23. The number of hydrogen-bond acceptors (Lipinski definition) is 3. The lowest BCUT2D eigenvalue weighted by Gasteiger charge is -2.19. The summed E-state index contributed by atoms with van der Waals surface area (Å²) in [4.78, 5) is 0. The van der Waals surface area contributed by atoms with Crippen molar-refractivity contribution in [1.29, 1.82) is 0 Å². The van der Waals surface area contributed by atoms with E-state index in [1.54, 1.807) is 20.3 Å². The maximum absolute atomic E-state index is 9.16. The number of aliphatic hydroxyl groups is 1. The van der Waals surface area contributed by atoms with Gasteiger partial charge >= 0.3 is 0 Å². The van der Waals surface area contributed by atoms with E-state index in [-0.39, 0.29) is 6.61 Å². The number of hydrogen-bond donors (Lipinski definition) is 1. The molecule has 4 rings (SSSR count). The number of aryl methyl sites for hydroxylation is 1. The molecule has 0 saturated carbocycles. The average Bonchev–Trinajstić information content (AvgIpc) is 3.12. The van der Waals surface area contributed by atoms with Crippen molar-refractivity contribution in [2.45, 2.75) is 19.4 Å². The van der Waals surface area contributed by atoms with Crippen LogP contribution in [-0.2, 0) is 19.4 Å². The van der Waals surface area contributed by atoms with Crippen LogP contribution in [-0.4, -0.2) is 30.5 Å². The van der Waals surface area contributed by atoms with Crippen molar-refractivity contribution in [3.8, 4) is 33.9 Å². The van der Waals surface area contributed by atoms with Gasteiger partial charge < -0.3 is 19.1 Å². The number of aromatic nitrogens is 1. The van der Waals surface area contributed by atoms with Crippen LogP contribution in [0.5, 0.6) is 11.5 Å². The minimum atomic E-state index is 0.0491. The molecular formula is C24H25NO3. The van der Waals surface area contributed by atoms with E-state index in [0.717, 1.165) is 35.6 Å². The van der Waals surface area contributed by atoms with Gasteiger partial charge in [-0.3, -0.25) is 0 Å². The highest BCUT2D eigenvalue weighted by atomic mass is 16.5. The molecule has 1 aliphatic rings. The lowest BCUT2D eigenvalue weighted by atomic mass is 9.90. The summed E-state index contributed by atoms with van der Waals surface area (Å²) in [7, 11) is 3.35. The molecule has 28 heavy (non-hydrogen) atoms. The lowest BCUT2D eigenvalue weighted by molar-refractivity contribution is 0.342. The van der Waals surface area contributed by atoms with Crippen LogP contribution in [0, 0.1) is 0 Å². The van der Waals surface area contributed by atoms with Gasteiger partial charge in [0.25, 0.3) is 0 Å². The Morgan fingerprint density at radius 3 is 2.57 bits per heavy atom. The second-order valence-electron chi connectivity index (χ2n) is 6.88. The first-order valence-electron chi connectivity index (χ1n) is 9.55. The van der Waals surface area contributed by atoms with Gasteiger partial charge in [0.05, 0.1) is 26.5 Å². The minimum absolute atomic E-state index is 0.0491. The van der Waals surface area contributed by atoms with Crippen LogP contribution in [0.15, 0.2) is 60.7 Å². The average molecular weight is 375 g/mol. The van der Waals surface area contributed by atoms with Crippen molar-refractivity contribution in [1.82, 2.24) is 4.57 Å². The second-order valence-corrected chi connectivity index (χ2v) is 6.88. The van der Waals surface area contributed by atoms with E-state index in [0.29, 0.717) is 6.54 Å². The van der Waals surface area contributed by atoms with Crippen molar-refractivity contribution >= 4 is 0 Å². The first-order chi connectivity index (χ1) is 13.8. The predicted octanol–water partition coefficient (Wildman–Crippen LogP) is 4.49. The molecule has 1 aliphatic carbocycles. The van der Waals surface area contributed by atoms with Gasteiger partial charge in [0.1, 0.15) is 11.5 Å². The van der Waals surface area contributed by atoms with E-state index in [1.807, 2.05) is 18.2 Å². The van der Waals surface area contributed by atoms with Crippen molar-refractivity contribution in [3.05, 3.63) is 71.9 Å². The summed E-state index contributed by atoms with van der Waals surface area (Å²) >= 11 is 0. The van der Waals surface area contributed by atoms with E-state index in [1.165, 1.54) is 22.4 Å². The number of methoxy groups -OCH3 is 2. The lowest BCUT2D eigenvalue weighted by Crippen LogP contribution is -2.09. The van der Waals surface area contributed by atoms with Gasteiger partial charge in [-0.2, -0.15) is 0 Å². The van der Waals surface area contributed by atoms with Crippen LogP contribution in [0.4, 0.5) is 0 Å². The van der Waals surface area contributed by atoms with Gasteiger partial charge in [-0.25, -0.2) is 0 Å². The van der Waals surface area contributed by atoms with E-state index >= 15 is 0 Å². The first-order valence-corrected chi connectivity index (χ1v) is 9.55. The Morgan fingerprint density at radius 1 is 0.929 bits per heavy atom. The summed E-state index contributed by atoms with van der Waals surface area (Å²) in [5.41, 5.74) is 7.46. The van der Waals surface area contributed by atoms with Crippen LogP contribution in [0.25, 0.3) is 22.4 Å². The second kappa shape index (κ2) is 7.95. The third-order valence-corrected chi connectivity index (χ3v) is 5.39. The first kappa shape index (κ1) is 18.4. The number of rotatable bonds is 6. The smallest absolute Gasteiger partial charge is 0.131 e. The minimum Gasteiger partial charge on any atom is -0.497 e. The molecule has 1 heterocycles. The highest BCUT2D eigenvalue weighted by molar-refractivity contribution is 5.80. The summed E-state index contributed by atoms with van der Waals surface area (Å²) in [5.74, 6) is 1.56. The topological polar surface area (TPSA) is 43.6 Å². The van der Waals surface area contributed by atoms with Crippen molar-refractivity contribution in [2.24, 2.45) is 0 Å². The molecule has 4 nitrogen and oxygen atoms in total. The number of allylic oxidation sites excluding steroid dienone is 1. The summed E-state index contributed by atoms with van der Waals surface area (Å²) in [6.07, 6.45) is 5.84. The zero-order valence-electron chi connectivity index (χ0n) is 16.3. The molecule has 2 aromatic carbocycles. The Hall–Kier alpha value is -2.98. The molecule has 1 aromatic heterocycles. The van der Waals surface area contributed by atoms with Crippen LogP contribution in [0.3, 0.4) is 0 Å². The van der Waals surface area contributed by atoms with Crippen molar-refractivity contribution < 1.29 is 14.6 Å². The zero-order chi connectivity index (χ0) is 19.5. The monoisotopic (exact) mass is 375 g/mol. The van der Waals surface area contributed by atoms with E-state index < -0.39 is 0 Å². The number of fused-ring (bicyclic) bond motifs is 3. The van der Waals surface area contributed by atoms with Crippen LogP contribution < -0.4 is 9.47 Å². The van der Waals surface area contributed by atoms with Gasteiger partial charge in [-0.15, -0.1) is 0 Å². The third-order valence-electron chi connectivity index (χ3n) is 5.39. The molecule has 4 heteroatoms. The standard InChI is InChI=1S/C24H25NO3/c1-27-18-10-11-20(24(15-18)28-2)23-16-21-19-8-4-3-7-17(19)9-12-22(21)25(23)13-5-6-14-26/h3-8,10-11,15-16,26H,9,12-14H2,1-2H3/b6-5+. The molecule has 0 unspecified atom stereocenters. The van der Waals surface area contributed by atoms with Crippen molar-refractivity contribution in [2.75, 3.05) is 20.8 Å². The highest BCUT2D eigenvalue weighted by Crippen LogP contribution is 2.41. The van der Waals surface area contributed by atoms with E-state index in [2.05, 4.69) is 41.0 Å². The van der Waals surface area contributed by atoms with Crippen molar-refractivity contribution in [3.63, 3.8) is 0 Å². The molecule has 0 bridgehead atoms. The van der Waals surface area contributed by atoms with Gasteiger partial charge in [0.15, 0.2) is 0 Å². The molecule has 0 atom stereocenters. The molecule has 0 amide bonds. The Labute approximate surface area is 165 Å². The summed E-state index contributed by atoms with van der Waals surface area (Å²) in [6, 6.07) is 16.8. The number of nitrogens with zero attached hydrogens (tertiary/aromatic N) is 1. The Kier molecular flexibility index (Phi) is 5.22. The SMILES string of the molecule is COc1ccc(-c2cc3c(n2C/C=C/CO)CCc2ccccc2-3)c(OC)c1. The number of ether oxygens (including phenoxy) is 2. The van der Waals surface area contributed by atoms with Crippen LogP contribution in [0.1, 0.15) is 11.3 Å². The molecule has 144 valence electrons. The number of aliphatic hydroxyl groups excluding tert-OH is 1. The Morgan fingerprint density at radius 2 is 1.79 bits per heavy atom. The third kappa shape index (κ3) is 3.20. The maximum Gasteiger partial charge on any atom is 0.131 e. The van der Waals surface area contributed by atoms with Gasteiger partial charge in [0.2, 0.25) is 0 Å². The fourth-order valence-electron chi connectivity index (χ4n) is 4.04. The fourth-order valence-corrected chi connectivity index (χ4v) is 4.04. The molecule has 0 radical (unpaired) electrons. The molecule has 3 aromatic rings. The summed E-state index contributed by atoms with van der Waals surface area (Å²) in [6.45, 7) is 0.760. The van der Waals surface area contributed by atoms with Gasteiger partial charge in [-0.1, -0.05) is 36.4 Å². The van der Waals surface area contributed by atoms with Crippen LogP contribution >= 0.6 is 0 Å². The zero-order valence-corrected chi connectivity index (χ0v) is 16.3. The predicted molar refractivity (Wildman–Crippen MR) is 112 cm³/mol. The fraction of sp³-hybridized carbons (Fsp3) is 0.250. The van der Waals surface area contributed by atoms with Gasteiger partial charge in [-0.05, 0) is 42.2 Å². The van der Waals surface area contributed by atoms with E-state index in [9.17, 15) is 0 Å². The molecule has 1 N–H and O–H groups in total. The molecule has 0 fully saturated rings. The number of benzene rings is 2. The Bertz CT molecular complexity index is 1020. The molecule has 0 spiro atoms. The quantitative estimate of drug-likeness (QED) is 0.646. The summed E-state index contributed by atoms with van der Waals surface area (Å²) in [5, 5.41) is 9.16. The largest absolute Gasteiger partial charge is 0.497 e. The molecular weight excluding hydrogens is 350 g/mol. The molecule has 0 saturated heterocycles. The van der Waals surface area contributed by atoms with Crippen LogP contribution in [0.2, 0.25) is 0 Å². The Balaban J connectivity index is 1.90. The molecule has 0 aliphatic heterocycles. The van der Waals surface area contributed by atoms with Gasteiger partial charge in [0, 0.05) is 29.4 Å². The van der Waals surface area contributed by atoms with E-state index in [4.69, 9.17) is 14.6 Å².